The topological polar surface area (TPSA) is 75.7 Å². The maximum atomic E-state index is 12.7. The van der Waals surface area contributed by atoms with E-state index in [-0.39, 0.29) is 28.1 Å². The molecule has 0 saturated heterocycles. The van der Waals surface area contributed by atoms with Crippen molar-refractivity contribution in [1.29, 1.82) is 0 Å². The van der Waals surface area contributed by atoms with E-state index in [0.29, 0.717) is 13.1 Å². The molecular formula is C21H27ClN2O4S. The second kappa shape index (κ2) is 10.1. The Morgan fingerprint density at radius 2 is 1.72 bits per heavy atom. The summed E-state index contributed by atoms with van der Waals surface area (Å²) in [5, 5.41) is 2.98. The lowest BCUT2D eigenvalue weighted by molar-refractivity contribution is 0.0951. The first-order valence-corrected chi connectivity index (χ1v) is 11.3. The van der Waals surface area contributed by atoms with E-state index in [9.17, 15) is 13.2 Å². The van der Waals surface area contributed by atoms with Gasteiger partial charge in [0.05, 0.1) is 21.6 Å². The number of nitrogens with zero attached hydrogens (tertiary/aromatic N) is 1. The SMILES string of the molecule is CCN(CC)S(=O)(=O)c1ccc(Cl)c(C(=O)NCc2ccc(OC(C)C)cc2)c1. The van der Waals surface area contributed by atoms with Gasteiger partial charge < -0.3 is 10.1 Å². The van der Waals surface area contributed by atoms with E-state index < -0.39 is 15.9 Å². The number of amides is 1. The molecular weight excluding hydrogens is 412 g/mol. The van der Waals surface area contributed by atoms with Crippen LogP contribution in [0.1, 0.15) is 43.6 Å². The number of hydrogen-bond acceptors (Lipinski definition) is 4. The van der Waals surface area contributed by atoms with Gasteiger partial charge in [0.2, 0.25) is 10.0 Å². The summed E-state index contributed by atoms with van der Waals surface area (Å²) in [6.07, 6.45) is 0.0857. The predicted octanol–water partition coefficient (Wildman–Crippen LogP) is 4.09. The summed E-state index contributed by atoms with van der Waals surface area (Å²) < 4.78 is 32.3. The van der Waals surface area contributed by atoms with E-state index in [4.69, 9.17) is 16.3 Å². The van der Waals surface area contributed by atoms with Crippen LogP contribution >= 0.6 is 11.6 Å². The number of carbonyl (C=O) groups is 1. The lowest BCUT2D eigenvalue weighted by atomic mass is 10.2. The van der Waals surface area contributed by atoms with Gasteiger partial charge in [-0.25, -0.2) is 8.42 Å². The Morgan fingerprint density at radius 1 is 1.10 bits per heavy atom. The molecule has 0 bridgehead atoms. The van der Waals surface area contributed by atoms with Crippen LogP contribution in [0.5, 0.6) is 5.75 Å². The maximum Gasteiger partial charge on any atom is 0.253 e. The average molecular weight is 439 g/mol. The molecule has 2 aromatic carbocycles. The fourth-order valence-electron chi connectivity index (χ4n) is 2.79. The summed E-state index contributed by atoms with van der Waals surface area (Å²) in [6.45, 7) is 8.41. The van der Waals surface area contributed by atoms with Crippen molar-refractivity contribution in [1.82, 2.24) is 9.62 Å². The number of hydrogen-bond donors (Lipinski definition) is 1. The molecule has 0 saturated carbocycles. The molecule has 0 heterocycles. The van der Waals surface area contributed by atoms with Crippen molar-refractivity contribution in [3.8, 4) is 5.75 Å². The Morgan fingerprint density at radius 3 is 2.28 bits per heavy atom. The van der Waals surface area contributed by atoms with Gasteiger partial charge in [0, 0.05) is 19.6 Å². The monoisotopic (exact) mass is 438 g/mol. The zero-order valence-electron chi connectivity index (χ0n) is 17.1. The minimum Gasteiger partial charge on any atom is -0.491 e. The summed E-state index contributed by atoms with van der Waals surface area (Å²) in [4.78, 5) is 12.7. The summed E-state index contributed by atoms with van der Waals surface area (Å²) in [5.41, 5.74) is 1.01. The normalized spacial score (nSPS) is 11.7. The second-order valence-electron chi connectivity index (χ2n) is 6.72. The number of nitrogens with one attached hydrogen (secondary N) is 1. The predicted molar refractivity (Wildman–Crippen MR) is 115 cm³/mol. The quantitative estimate of drug-likeness (QED) is 0.639. The fraction of sp³-hybridized carbons (Fsp3) is 0.381. The largest absolute Gasteiger partial charge is 0.491 e. The van der Waals surface area contributed by atoms with Crippen LogP contribution in [0.4, 0.5) is 0 Å². The van der Waals surface area contributed by atoms with Crippen molar-refractivity contribution in [3.63, 3.8) is 0 Å². The van der Waals surface area contributed by atoms with Gasteiger partial charge >= 0.3 is 0 Å². The lowest BCUT2D eigenvalue weighted by Crippen LogP contribution is -2.31. The van der Waals surface area contributed by atoms with Crippen molar-refractivity contribution in [2.45, 2.75) is 45.2 Å². The molecule has 0 aromatic heterocycles. The number of benzene rings is 2. The Hall–Kier alpha value is -2.09. The van der Waals surface area contributed by atoms with Crippen LogP contribution in [0.3, 0.4) is 0 Å². The first kappa shape index (κ1) is 23.2. The van der Waals surface area contributed by atoms with Crippen LogP contribution in [0, 0.1) is 0 Å². The van der Waals surface area contributed by atoms with E-state index in [0.717, 1.165) is 11.3 Å². The van der Waals surface area contributed by atoms with E-state index in [2.05, 4.69) is 5.32 Å². The van der Waals surface area contributed by atoms with E-state index in [1.165, 1.54) is 22.5 Å². The van der Waals surface area contributed by atoms with Crippen LogP contribution in [-0.2, 0) is 16.6 Å². The van der Waals surface area contributed by atoms with Crippen molar-refractivity contribution in [3.05, 3.63) is 58.6 Å². The number of halogens is 1. The number of carbonyl (C=O) groups excluding carboxylic acids is 1. The standard InChI is InChI=1S/C21H27ClN2O4S/c1-5-24(6-2)29(26,27)18-11-12-20(22)19(13-18)21(25)23-14-16-7-9-17(10-8-16)28-15(3)4/h7-13,15H,5-6,14H2,1-4H3,(H,23,25). The molecule has 0 atom stereocenters. The molecule has 29 heavy (non-hydrogen) atoms. The molecule has 2 rings (SSSR count). The van der Waals surface area contributed by atoms with E-state index in [1.807, 2.05) is 38.1 Å². The zero-order chi connectivity index (χ0) is 21.6. The number of ether oxygens (including phenoxy) is 1. The Kier molecular flexibility index (Phi) is 8.07. The zero-order valence-corrected chi connectivity index (χ0v) is 18.7. The van der Waals surface area contributed by atoms with Crippen molar-refractivity contribution in [2.75, 3.05) is 13.1 Å². The first-order chi connectivity index (χ1) is 13.7. The van der Waals surface area contributed by atoms with Crippen LogP contribution in [-0.4, -0.2) is 37.8 Å². The Labute approximate surface area is 177 Å². The number of rotatable bonds is 9. The van der Waals surface area contributed by atoms with Gasteiger partial charge in [0.1, 0.15) is 5.75 Å². The van der Waals surface area contributed by atoms with Crippen LogP contribution < -0.4 is 10.1 Å². The average Bonchev–Trinajstić information content (AvgIpc) is 2.67. The Bertz CT molecular complexity index is 940. The number of sulfonamides is 1. The molecule has 1 amide bonds. The molecule has 0 radical (unpaired) electrons. The molecule has 1 N–H and O–H groups in total. The highest BCUT2D eigenvalue weighted by atomic mass is 35.5. The fourth-order valence-corrected chi connectivity index (χ4v) is 4.48. The summed E-state index contributed by atoms with van der Waals surface area (Å²) >= 11 is 6.15. The van der Waals surface area contributed by atoms with Gasteiger partial charge in [0.15, 0.2) is 0 Å². The molecule has 8 heteroatoms. The molecule has 158 valence electrons. The first-order valence-electron chi connectivity index (χ1n) is 9.52. The van der Waals surface area contributed by atoms with Crippen molar-refractivity contribution < 1.29 is 17.9 Å². The highest BCUT2D eigenvalue weighted by molar-refractivity contribution is 7.89. The van der Waals surface area contributed by atoms with Crippen LogP contribution in [0.25, 0.3) is 0 Å². The molecule has 0 spiro atoms. The van der Waals surface area contributed by atoms with Gasteiger partial charge in [-0.2, -0.15) is 4.31 Å². The minimum absolute atomic E-state index is 0.0472. The van der Waals surface area contributed by atoms with Crippen molar-refractivity contribution >= 4 is 27.5 Å². The lowest BCUT2D eigenvalue weighted by Gasteiger charge is -2.19. The highest BCUT2D eigenvalue weighted by Crippen LogP contribution is 2.23. The van der Waals surface area contributed by atoms with Gasteiger partial charge in [-0.1, -0.05) is 37.6 Å². The van der Waals surface area contributed by atoms with Gasteiger partial charge in [-0.3, -0.25) is 4.79 Å². The van der Waals surface area contributed by atoms with Crippen LogP contribution in [0.2, 0.25) is 5.02 Å². The molecule has 0 aliphatic carbocycles. The molecule has 0 aliphatic rings. The third kappa shape index (κ3) is 5.95. The third-order valence-corrected chi connectivity index (χ3v) is 6.65. The molecule has 6 nitrogen and oxygen atoms in total. The van der Waals surface area contributed by atoms with E-state index >= 15 is 0 Å². The summed E-state index contributed by atoms with van der Waals surface area (Å²) in [7, 11) is -3.68. The smallest absolute Gasteiger partial charge is 0.253 e. The third-order valence-electron chi connectivity index (χ3n) is 4.27. The maximum absolute atomic E-state index is 12.7. The van der Waals surface area contributed by atoms with Crippen LogP contribution in [0.15, 0.2) is 47.4 Å². The Balaban J connectivity index is 2.15. The molecule has 0 fully saturated rings. The second-order valence-corrected chi connectivity index (χ2v) is 9.07. The summed E-state index contributed by atoms with van der Waals surface area (Å²) in [5.74, 6) is 0.321. The van der Waals surface area contributed by atoms with Gasteiger partial charge in [0.25, 0.3) is 5.91 Å². The molecule has 2 aromatic rings. The van der Waals surface area contributed by atoms with Crippen molar-refractivity contribution in [2.24, 2.45) is 0 Å². The minimum atomic E-state index is -3.68. The molecule has 0 unspecified atom stereocenters. The van der Waals surface area contributed by atoms with E-state index in [1.54, 1.807) is 13.8 Å². The highest BCUT2D eigenvalue weighted by Gasteiger charge is 2.23. The van der Waals surface area contributed by atoms with Gasteiger partial charge in [-0.05, 0) is 49.7 Å². The summed E-state index contributed by atoms with van der Waals surface area (Å²) in [6, 6.07) is 11.6. The molecule has 0 aliphatic heterocycles. The van der Waals surface area contributed by atoms with Gasteiger partial charge in [-0.15, -0.1) is 0 Å².